The van der Waals surface area contributed by atoms with Crippen molar-refractivity contribution in [2.45, 2.75) is 26.1 Å². The molecule has 0 radical (unpaired) electrons. The van der Waals surface area contributed by atoms with Crippen molar-refractivity contribution in [1.82, 2.24) is 0 Å². The fourth-order valence-corrected chi connectivity index (χ4v) is 1.28. The van der Waals surface area contributed by atoms with E-state index in [2.05, 4.69) is 15.9 Å². The van der Waals surface area contributed by atoms with Crippen molar-refractivity contribution in [3.8, 4) is 0 Å². The summed E-state index contributed by atoms with van der Waals surface area (Å²) in [6.07, 6.45) is 0. The van der Waals surface area contributed by atoms with Crippen LogP contribution < -0.4 is 0 Å². The summed E-state index contributed by atoms with van der Waals surface area (Å²) in [6.45, 7) is 4.63. The molecule has 3 heteroatoms. The number of ether oxygens (including phenoxy) is 1. The summed E-state index contributed by atoms with van der Waals surface area (Å²) in [5.41, 5.74) is 0.877. The minimum absolute atomic E-state index is 0.154. The number of rotatable bonds is 4. The predicted octanol–water partition coefficient (Wildman–Crippen LogP) is 4.03. The molecule has 0 N–H and O–H groups in total. The molecule has 0 aliphatic heterocycles. The Hall–Kier alpha value is -0.0500. The standard InChI is InChI=1S/C11H14BrClO/c1-11(2,8-12)14-7-9-5-3-4-6-10(9)13/h3-6H,7-8H2,1-2H3. The molecule has 0 heterocycles. The quantitative estimate of drug-likeness (QED) is 0.755. The Morgan fingerprint density at radius 3 is 2.57 bits per heavy atom. The average molecular weight is 278 g/mol. The second-order valence-corrected chi connectivity index (χ2v) is 4.74. The third-order valence-corrected chi connectivity index (χ3v) is 3.62. The smallest absolute Gasteiger partial charge is 0.0739 e. The van der Waals surface area contributed by atoms with Gasteiger partial charge in [-0.15, -0.1) is 0 Å². The third-order valence-electron chi connectivity index (χ3n) is 1.90. The van der Waals surface area contributed by atoms with Crippen LogP contribution in [0.5, 0.6) is 0 Å². The van der Waals surface area contributed by atoms with Crippen molar-refractivity contribution in [2.75, 3.05) is 5.33 Å². The van der Waals surface area contributed by atoms with Gasteiger partial charge < -0.3 is 4.74 Å². The molecule has 0 unspecified atom stereocenters. The Morgan fingerprint density at radius 2 is 2.00 bits per heavy atom. The highest BCUT2D eigenvalue weighted by Crippen LogP contribution is 2.20. The average Bonchev–Trinajstić information content (AvgIpc) is 2.17. The molecule has 0 atom stereocenters. The minimum atomic E-state index is -0.154. The molecule has 78 valence electrons. The highest BCUT2D eigenvalue weighted by Gasteiger charge is 2.16. The van der Waals surface area contributed by atoms with Crippen LogP contribution in [0.3, 0.4) is 0 Å². The van der Waals surface area contributed by atoms with E-state index in [1.54, 1.807) is 0 Å². The molecule has 1 aromatic rings. The Bertz CT molecular complexity index is 299. The van der Waals surface area contributed by atoms with Gasteiger partial charge in [-0.1, -0.05) is 45.7 Å². The molecule has 0 bridgehead atoms. The van der Waals surface area contributed by atoms with E-state index in [1.807, 2.05) is 38.1 Å². The van der Waals surface area contributed by atoms with Gasteiger partial charge in [-0.2, -0.15) is 0 Å². The summed E-state index contributed by atoms with van der Waals surface area (Å²) in [5, 5.41) is 1.57. The van der Waals surface area contributed by atoms with Crippen LogP contribution in [-0.2, 0) is 11.3 Å². The van der Waals surface area contributed by atoms with E-state index in [9.17, 15) is 0 Å². The molecule has 1 nitrogen and oxygen atoms in total. The lowest BCUT2D eigenvalue weighted by molar-refractivity contribution is -0.0103. The first kappa shape index (κ1) is 12.0. The first-order valence-electron chi connectivity index (χ1n) is 4.48. The normalized spacial score (nSPS) is 11.7. The van der Waals surface area contributed by atoms with E-state index < -0.39 is 0 Å². The van der Waals surface area contributed by atoms with Gasteiger partial charge in [0, 0.05) is 10.4 Å². The Labute approximate surface area is 98.5 Å². The van der Waals surface area contributed by atoms with Crippen LogP contribution in [-0.4, -0.2) is 10.9 Å². The van der Waals surface area contributed by atoms with E-state index in [0.29, 0.717) is 6.61 Å². The number of halogens is 2. The molecule has 1 rings (SSSR count). The molecule has 0 saturated carbocycles. The zero-order valence-electron chi connectivity index (χ0n) is 8.39. The lowest BCUT2D eigenvalue weighted by Gasteiger charge is -2.22. The van der Waals surface area contributed by atoms with Gasteiger partial charge in [-0.05, 0) is 25.5 Å². The zero-order chi connectivity index (χ0) is 10.6. The molecule has 14 heavy (non-hydrogen) atoms. The summed E-state index contributed by atoms with van der Waals surface area (Å²) in [5.74, 6) is 0. The van der Waals surface area contributed by atoms with Crippen LogP contribution in [0, 0.1) is 0 Å². The van der Waals surface area contributed by atoms with Gasteiger partial charge in [0.05, 0.1) is 12.2 Å². The zero-order valence-corrected chi connectivity index (χ0v) is 10.7. The number of alkyl halides is 1. The van der Waals surface area contributed by atoms with Crippen molar-refractivity contribution >= 4 is 27.5 Å². The highest BCUT2D eigenvalue weighted by molar-refractivity contribution is 9.09. The van der Waals surface area contributed by atoms with Crippen LogP contribution in [0.4, 0.5) is 0 Å². The number of hydrogen-bond donors (Lipinski definition) is 0. The maximum Gasteiger partial charge on any atom is 0.0739 e. The second-order valence-electron chi connectivity index (χ2n) is 3.77. The number of benzene rings is 1. The van der Waals surface area contributed by atoms with Crippen molar-refractivity contribution in [3.05, 3.63) is 34.9 Å². The lowest BCUT2D eigenvalue weighted by Crippen LogP contribution is -2.25. The molecule has 0 aliphatic carbocycles. The lowest BCUT2D eigenvalue weighted by atomic mass is 10.2. The molecular weight excluding hydrogens is 263 g/mol. The van der Waals surface area contributed by atoms with Crippen LogP contribution >= 0.6 is 27.5 Å². The molecule has 0 aliphatic rings. The predicted molar refractivity (Wildman–Crippen MR) is 64.1 cm³/mol. The largest absolute Gasteiger partial charge is 0.370 e. The van der Waals surface area contributed by atoms with Crippen LogP contribution in [0.15, 0.2) is 24.3 Å². The molecular formula is C11H14BrClO. The third kappa shape index (κ3) is 3.60. The topological polar surface area (TPSA) is 9.23 Å². The van der Waals surface area contributed by atoms with E-state index in [4.69, 9.17) is 16.3 Å². The Morgan fingerprint density at radius 1 is 1.36 bits per heavy atom. The van der Waals surface area contributed by atoms with Crippen LogP contribution in [0.25, 0.3) is 0 Å². The summed E-state index contributed by atoms with van der Waals surface area (Å²) < 4.78 is 5.71. The van der Waals surface area contributed by atoms with E-state index >= 15 is 0 Å². The molecule has 0 saturated heterocycles. The van der Waals surface area contributed by atoms with Crippen molar-refractivity contribution in [2.24, 2.45) is 0 Å². The minimum Gasteiger partial charge on any atom is -0.370 e. The number of hydrogen-bond acceptors (Lipinski definition) is 1. The summed E-state index contributed by atoms with van der Waals surface area (Å²) in [4.78, 5) is 0. The van der Waals surface area contributed by atoms with Crippen molar-refractivity contribution < 1.29 is 4.74 Å². The fourth-order valence-electron chi connectivity index (χ4n) is 0.927. The molecule has 0 aromatic heterocycles. The first-order chi connectivity index (χ1) is 6.55. The summed E-state index contributed by atoms with van der Waals surface area (Å²) in [7, 11) is 0. The Balaban J connectivity index is 2.58. The van der Waals surface area contributed by atoms with Gasteiger partial charge in [0.25, 0.3) is 0 Å². The van der Waals surface area contributed by atoms with Gasteiger partial charge in [-0.25, -0.2) is 0 Å². The van der Waals surface area contributed by atoms with Crippen LogP contribution in [0.1, 0.15) is 19.4 Å². The fraction of sp³-hybridized carbons (Fsp3) is 0.455. The Kier molecular flexibility index (Phi) is 4.42. The first-order valence-corrected chi connectivity index (χ1v) is 5.98. The molecule has 0 amide bonds. The van der Waals surface area contributed by atoms with Gasteiger partial charge in [0.2, 0.25) is 0 Å². The van der Waals surface area contributed by atoms with Gasteiger partial charge >= 0.3 is 0 Å². The second kappa shape index (κ2) is 5.15. The maximum atomic E-state index is 6.00. The molecule has 0 spiro atoms. The molecule has 1 aromatic carbocycles. The van der Waals surface area contributed by atoms with Crippen LogP contribution in [0.2, 0.25) is 5.02 Å². The summed E-state index contributed by atoms with van der Waals surface area (Å²) >= 11 is 9.41. The summed E-state index contributed by atoms with van der Waals surface area (Å²) in [6, 6.07) is 7.74. The monoisotopic (exact) mass is 276 g/mol. The van der Waals surface area contributed by atoms with Crippen molar-refractivity contribution in [1.29, 1.82) is 0 Å². The van der Waals surface area contributed by atoms with Gasteiger partial charge in [0.15, 0.2) is 0 Å². The maximum absolute atomic E-state index is 6.00. The van der Waals surface area contributed by atoms with E-state index in [1.165, 1.54) is 0 Å². The van der Waals surface area contributed by atoms with Crippen molar-refractivity contribution in [3.63, 3.8) is 0 Å². The molecule has 0 fully saturated rings. The SMILES string of the molecule is CC(C)(CBr)OCc1ccccc1Cl. The van der Waals surface area contributed by atoms with E-state index in [-0.39, 0.29) is 5.60 Å². The van der Waals surface area contributed by atoms with Gasteiger partial charge in [0.1, 0.15) is 0 Å². The highest BCUT2D eigenvalue weighted by atomic mass is 79.9. The van der Waals surface area contributed by atoms with E-state index in [0.717, 1.165) is 15.9 Å². The van der Waals surface area contributed by atoms with Gasteiger partial charge in [-0.3, -0.25) is 0 Å².